The summed E-state index contributed by atoms with van der Waals surface area (Å²) in [4.78, 5) is 10.5. The fourth-order valence-electron chi connectivity index (χ4n) is 1.76. The second kappa shape index (κ2) is 6.49. The molecule has 2 aromatic carbocycles. The molecule has 0 unspecified atom stereocenters. The maximum absolute atomic E-state index is 13.7. The third-order valence-electron chi connectivity index (χ3n) is 2.81. The molecule has 0 aliphatic rings. The number of nitrogens with zero attached hydrogens (tertiary/aromatic N) is 2. The van der Waals surface area contributed by atoms with Gasteiger partial charge in [0.2, 0.25) is 0 Å². The van der Waals surface area contributed by atoms with Gasteiger partial charge in [0.25, 0.3) is 5.69 Å². The summed E-state index contributed by atoms with van der Waals surface area (Å²) in [5.74, 6) is -0.519. The van der Waals surface area contributed by atoms with Crippen molar-refractivity contribution in [1.29, 1.82) is 5.26 Å². The van der Waals surface area contributed by atoms with Crippen molar-refractivity contribution in [3.05, 3.63) is 67.0 Å². The quantitative estimate of drug-likeness (QED) is 0.483. The van der Waals surface area contributed by atoms with Gasteiger partial charge in [-0.25, -0.2) is 4.39 Å². The Balaban J connectivity index is 2.21. The summed E-state index contributed by atoms with van der Waals surface area (Å²) < 4.78 is 14.5. The molecule has 106 valence electrons. The van der Waals surface area contributed by atoms with Crippen LogP contribution in [-0.2, 0) is 6.54 Å². The van der Waals surface area contributed by atoms with E-state index in [4.69, 9.17) is 5.26 Å². The number of anilines is 1. The van der Waals surface area contributed by atoms with Gasteiger partial charge >= 0.3 is 0 Å². The van der Waals surface area contributed by atoms with Crippen LogP contribution in [0.3, 0.4) is 0 Å². The summed E-state index contributed by atoms with van der Waals surface area (Å²) in [6, 6.07) is 10.7. The molecule has 0 aromatic heterocycles. The lowest BCUT2D eigenvalue weighted by molar-refractivity contribution is -0.384. The minimum absolute atomic E-state index is 0.0593. The van der Waals surface area contributed by atoms with Gasteiger partial charge in [0.15, 0.2) is 0 Å². The van der Waals surface area contributed by atoms with Gasteiger partial charge in [-0.15, -0.1) is 0 Å². The first-order valence-electron chi connectivity index (χ1n) is 5.87. The molecule has 7 heteroatoms. The van der Waals surface area contributed by atoms with Crippen LogP contribution in [0.2, 0.25) is 0 Å². The van der Waals surface area contributed by atoms with E-state index in [0.29, 0.717) is 11.3 Å². The Kier molecular flexibility index (Phi) is 4.70. The van der Waals surface area contributed by atoms with Gasteiger partial charge in [-0.3, -0.25) is 10.1 Å². The van der Waals surface area contributed by atoms with Crippen molar-refractivity contribution in [2.24, 2.45) is 0 Å². The largest absolute Gasteiger partial charge is 0.375 e. The number of rotatable bonds is 4. The monoisotopic (exact) mass is 397 g/mol. The lowest BCUT2D eigenvalue weighted by Gasteiger charge is -2.08. The second-order valence-electron chi connectivity index (χ2n) is 4.19. The van der Waals surface area contributed by atoms with Crippen molar-refractivity contribution in [2.45, 2.75) is 6.54 Å². The molecule has 0 saturated heterocycles. The van der Waals surface area contributed by atoms with Crippen LogP contribution in [0.25, 0.3) is 0 Å². The first-order chi connectivity index (χ1) is 10.0. The van der Waals surface area contributed by atoms with E-state index in [9.17, 15) is 14.5 Å². The Morgan fingerprint density at radius 3 is 2.71 bits per heavy atom. The number of nitrogens with one attached hydrogen (secondary N) is 1. The van der Waals surface area contributed by atoms with Crippen LogP contribution in [0.5, 0.6) is 0 Å². The maximum Gasteiger partial charge on any atom is 0.293 e. The van der Waals surface area contributed by atoms with Crippen LogP contribution >= 0.6 is 22.6 Å². The van der Waals surface area contributed by atoms with Gasteiger partial charge in [0.1, 0.15) is 11.5 Å². The topological polar surface area (TPSA) is 79.0 Å². The molecule has 0 bridgehead atoms. The molecule has 0 fully saturated rings. The molecule has 5 nitrogen and oxygen atoms in total. The first kappa shape index (κ1) is 15.2. The highest BCUT2D eigenvalue weighted by atomic mass is 127. The average molecular weight is 397 g/mol. The fourth-order valence-corrected chi connectivity index (χ4v) is 2.23. The number of halogens is 2. The molecule has 21 heavy (non-hydrogen) atoms. The zero-order valence-electron chi connectivity index (χ0n) is 10.6. The molecular weight excluding hydrogens is 388 g/mol. The van der Waals surface area contributed by atoms with Crippen molar-refractivity contribution in [2.75, 3.05) is 5.32 Å². The average Bonchev–Trinajstić information content (AvgIpc) is 2.46. The molecule has 1 N–H and O–H groups in total. The molecule has 0 aliphatic carbocycles. The van der Waals surface area contributed by atoms with E-state index in [1.165, 1.54) is 18.2 Å². The molecule has 0 atom stereocenters. The van der Waals surface area contributed by atoms with Gasteiger partial charge in [0.05, 0.1) is 16.6 Å². The Morgan fingerprint density at radius 1 is 1.33 bits per heavy atom. The predicted octanol–water partition coefficient (Wildman–Crippen LogP) is 3.82. The number of nitro benzene ring substituents is 1. The van der Waals surface area contributed by atoms with Crippen LogP contribution in [0.1, 0.15) is 11.1 Å². The molecule has 0 radical (unpaired) electrons. The summed E-state index contributed by atoms with van der Waals surface area (Å²) in [7, 11) is 0. The molecule has 0 saturated carbocycles. The highest BCUT2D eigenvalue weighted by Crippen LogP contribution is 2.27. The Bertz CT molecular complexity index is 743. The summed E-state index contributed by atoms with van der Waals surface area (Å²) in [5.41, 5.74) is 0.832. The van der Waals surface area contributed by atoms with Gasteiger partial charge in [-0.1, -0.05) is 6.07 Å². The van der Waals surface area contributed by atoms with E-state index in [1.807, 2.05) is 28.7 Å². The smallest absolute Gasteiger partial charge is 0.293 e. The van der Waals surface area contributed by atoms with E-state index in [2.05, 4.69) is 5.32 Å². The first-order valence-corrected chi connectivity index (χ1v) is 6.95. The Morgan fingerprint density at radius 2 is 2.10 bits per heavy atom. The highest BCUT2D eigenvalue weighted by Gasteiger charge is 2.14. The highest BCUT2D eigenvalue weighted by molar-refractivity contribution is 14.1. The zero-order valence-corrected chi connectivity index (χ0v) is 12.8. The zero-order chi connectivity index (χ0) is 15.4. The van der Waals surface area contributed by atoms with Crippen LogP contribution in [0.15, 0.2) is 36.4 Å². The number of hydrogen-bond donors (Lipinski definition) is 1. The fraction of sp³-hybridized carbons (Fsp3) is 0.0714. The molecule has 0 amide bonds. The lowest BCUT2D eigenvalue weighted by atomic mass is 10.1. The maximum atomic E-state index is 13.7. The van der Waals surface area contributed by atoms with E-state index in [1.54, 1.807) is 12.1 Å². The van der Waals surface area contributed by atoms with Gasteiger partial charge in [-0.2, -0.15) is 5.26 Å². The minimum atomic E-state index is -0.519. The third kappa shape index (κ3) is 3.66. The van der Waals surface area contributed by atoms with Crippen molar-refractivity contribution in [1.82, 2.24) is 0 Å². The summed E-state index contributed by atoms with van der Waals surface area (Å²) >= 11 is 1.99. The van der Waals surface area contributed by atoms with E-state index < -0.39 is 10.7 Å². The Labute approximate surface area is 133 Å². The standard InChI is InChI=1S/C14H9FIN3O2/c15-12-5-9(7-17)1-2-10(12)8-18-13-4-3-11(16)6-14(13)19(20)21/h1-6,18H,8H2. The molecule has 0 heterocycles. The summed E-state index contributed by atoms with van der Waals surface area (Å²) in [5, 5.41) is 22.5. The Hall–Kier alpha value is -2.21. The molecule has 2 rings (SSSR count). The molecule has 0 aliphatic heterocycles. The number of nitro groups is 1. The van der Waals surface area contributed by atoms with Gasteiger partial charge < -0.3 is 5.32 Å². The van der Waals surface area contributed by atoms with Crippen LogP contribution < -0.4 is 5.32 Å². The molecule has 2 aromatic rings. The summed E-state index contributed by atoms with van der Waals surface area (Å²) in [6.45, 7) is 0.0962. The normalized spacial score (nSPS) is 9.95. The number of nitriles is 1. The predicted molar refractivity (Wildman–Crippen MR) is 84.3 cm³/mol. The van der Waals surface area contributed by atoms with Crippen molar-refractivity contribution in [3.63, 3.8) is 0 Å². The molecular formula is C14H9FIN3O2. The van der Waals surface area contributed by atoms with Crippen LogP contribution in [-0.4, -0.2) is 4.92 Å². The van der Waals surface area contributed by atoms with Gasteiger partial charge in [-0.05, 0) is 46.9 Å². The SMILES string of the molecule is N#Cc1ccc(CNc2ccc(I)cc2[N+](=O)[O-])c(F)c1. The van der Waals surface area contributed by atoms with E-state index >= 15 is 0 Å². The van der Waals surface area contributed by atoms with Gasteiger partial charge in [0, 0.05) is 21.7 Å². The van der Waals surface area contributed by atoms with E-state index in [0.717, 1.165) is 9.64 Å². The number of benzene rings is 2. The van der Waals surface area contributed by atoms with Crippen molar-refractivity contribution >= 4 is 34.0 Å². The number of hydrogen-bond acceptors (Lipinski definition) is 4. The van der Waals surface area contributed by atoms with Crippen molar-refractivity contribution in [3.8, 4) is 6.07 Å². The second-order valence-corrected chi connectivity index (χ2v) is 5.44. The minimum Gasteiger partial charge on any atom is -0.375 e. The molecule has 0 spiro atoms. The third-order valence-corrected chi connectivity index (χ3v) is 3.48. The van der Waals surface area contributed by atoms with Crippen LogP contribution in [0.4, 0.5) is 15.8 Å². The van der Waals surface area contributed by atoms with Crippen LogP contribution in [0, 0.1) is 30.8 Å². The van der Waals surface area contributed by atoms with Crippen molar-refractivity contribution < 1.29 is 9.31 Å². The lowest BCUT2D eigenvalue weighted by Crippen LogP contribution is -2.04. The summed E-state index contributed by atoms with van der Waals surface area (Å²) in [6.07, 6.45) is 0. The van der Waals surface area contributed by atoms with E-state index in [-0.39, 0.29) is 17.8 Å².